The summed E-state index contributed by atoms with van der Waals surface area (Å²) in [5.41, 5.74) is 4.56. The van der Waals surface area contributed by atoms with E-state index in [0.29, 0.717) is 18.1 Å². The van der Waals surface area contributed by atoms with E-state index in [1.54, 1.807) is 17.5 Å². The minimum atomic E-state index is -3.74. The van der Waals surface area contributed by atoms with Crippen LogP contribution in [0.2, 0.25) is 0 Å². The number of ketones is 1. The molecule has 0 atom stereocenters. The number of carbonyl (C=O) groups excluding carboxylic acids is 3. The van der Waals surface area contributed by atoms with Gasteiger partial charge in [0.25, 0.3) is 5.91 Å². The fourth-order valence-electron chi connectivity index (χ4n) is 2.78. The number of hydrogen-bond donors (Lipinski definition) is 2. The number of thiophene rings is 1. The minimum Gasteiger partial charge on any atom is -0.379 e. The topological polar surface area (TPSA) is 122 Å². The maximum atomic E-state index is 12.7. The lowest BCUT2D eigenvalue weighted by molar-refractivity contribution is -0.121. The summed E-state index contributed by atoms with van der Waals surface area (Å²) in [4.78, 5) is 36.7. The zero-order valence-corrected chi connectivity index (χ0v) is 17.6. The van der Waals surface area contributed by atoms with Gasteiger partial charge in [-0.25, -0.2) is 8.42 Å². The van der Waals surface area contributed by atoms with Gasteiger partial charge in [0.05, 0.1) is 23.0 Å². The molecule has 2 heterocycles. The van der Waals surface area contributed by atoms with Crippen molar-refractivity contribution in [3.63, 3.8) is 0 Å². The molecule has 0 aliphatic carbocycles. The van der Waals surface area contributed by atoms with Crippen molar-refractivity contribution in [2.75, 3.05) is 26.3 Å². The Labute approximate surface area is 178 Å². The molecule has 30 heavy (non-hydrogen) atoms. The number of nitrogens with one attached hydrogen (secondary N) is 2. The average molecular weight is 452 g/mol. The van der Waals surface area contributed by atoms with E-state index >= 15 is 0 Å². The van der Waals surface area contributed by atoms with Crippen LogP contribution in [0.25, 0.3) is 0 Å². The molecule has 2 aromatic rings. The summed E-state index contributed by atoms with van der Waals surface area (Å²) in [5.74, 6) is -1.33. The number of nitrogens with zero attached hydrogens (tertiary/aromatic N) is 1. The molecule has 2 N–H and O–H groups in total. The first-order valence-corrected chi connectivity index (χ1v) is 11.5. The monoisotopic (exact) mass is 451 g/mol. The number of hydrogen-bond acceptors (Lipinski definition) is 7. The number of ether oxygens (including phenoxy) is 1. The molecule has 0 bridgehead atoms. The van der Waals surface area contributed by atoms with E-state index in [2.05, 4.69) is 10.9 Å². The highest BCUT2D eigenvalue weighted by Crippen LogP contribution is 2.18. The van der Waals surface area contributed by atoms with Crippen LogP contribution in [0.15, 0.2) is 46.7 Å². The van der Waals surface area contributed by atoms with Crippen LogP contribution >= 0.6 is 11.3 Å². The number of carbonyl (C=O) groups is 3. The molecule has 1 aliphatic rings. The Morgan fingerprint density at radius 2 is 1.80 bits per heavy atom. The lowest BCUT2D eigenvalue weighted by Gasteiger charge is -2.26. The summed E-state index contributed by atoms with van der Waals surface area (Å²) in [6.45, 7) is 1.14. The lowest BCUT2D eigenvalue weighted by Crippen LogP contribution is -2.42. The molecular formula is C19H21N3O6S2. The number of morpholine rings is 1. The SMILES string of the molecule is O=C(CCC(=O)c1cccs1)NNC(=O)c1cccc(S(=O)(=O)N2CCOCC2)c1. The first-order valence-electron chi connectivity index (χ1n) is 9.22. The van der Waals surface area contributed by atoms with Crippen LogP contribution in [0, 0.1) is 0 Å². The van der Waals surface area contributed by atoms with Gasteiger partial charge < -0.3 is 4.74 Å². The van der Waals surface area contributed by atoms with Crippen molar-refractivity contribution >= 4 is 39.0 Å². The van der Waals surface area contributed by atoms with Crippen molar-refractivity contribution in [1.29, 1.82) is 0 Å². The largest absolute Gasteiger partial charge is 0.379 e. The zero-order valence-electron chi connectivity index (χ0n) is 16.0. The van der Waals surface area contributed by atoms with Crippen molar-refractivity contribution in [3.05, 3.63) is 52.2 Å². The summed E-state index contributed by atoms with van der Waals surface area (Å²) in [7, 11) is -3.74. The van der Waals surface area contributed by atoms with E-state index in [0.717, 1.165) is 0 Å². The molecule has 1 aromatic heterocycles. The third kappa shape index (κ3) is 5.51. The average Bonchev–Trinajstić information content (AvgIpc) is 3.31. The highest BCUT2D eigenvalue weighted by atomic mass is 32.2. The van der Waals surface area contributed by atoms with E-state index in [9.17, 15) is 22.8 Å². The molecule has 0 saturated carbocycles. The van der Waals surface area contributed by atoms with Gasteiger partial charge in [0, 0.05) is 31.5 Å². The zero-order chi connectivity index (χ0) is 21.6. The van der Waals surface area contributed by atoms with Crippen LogP contribution in [-0.4, -0.2) is 56.6 Å². The number of benzene rings is 1. The van der Waals surface area contributed by atoms with Crippen LogP contribution in [0.5, 0.6) is 0 Å². The van der Waals surface area contributed by atoms with Gasteiger partial charge in [0.2, 0.25) is 15.9 Å². The summed E-state index contributed by atoms with van der Waals surface area (Å²) >= 11 is 1.30. The fourth-order valence-corrected chi connectivity index (χ4v) is 4.93. The second-order valence-corrected chi connectivity index (χ2v) is 9.33. The fraction of sp³-hybridized carbons (Fsp3) is 0.316. The number of rotatable bonds is 7. The van der Waals surface area contributed by atoms with Crippen LogP contribution in [0.3, 0.4) is 0 Å². The third-order valence-electron chi connectivity index (χ3n) is 4.39. The van der Waals surface area contributed by atoms with E-state index in [4.69, 9.17) is 4.74 Å². The maximum Gasteiger partial charge on any atom is 0.269 e. The smallest absolute Gasteiger partial charge is 0.269 e. The van der Waals surface area contributed by atoms with Crippen molar-refractivity contribution in [2.45, 2.75) is 17.7 Å². The number of Topliss-reactive ketones (excluding diaryl/α,β-unsaturated/α-hetero) is 1. The normalized spacial score (nSPS) is 14.8. The maximum absolute atomic E-state index is 12.7. The Hall–Kier alpha value is -2.60. The van der Waals surface area contributed by atoms with Gasteiger partial charge in [0.1, 0.15) is 0 Å². The van der Waals surface area contributed by atoms with Crippen molar-refractivity contribution in [2.24, 2.45) is 0 Å². The first kappa shape index (κ1) is 22.1. The minimum absolute atomic E-state index is 0.00933. The lowest BCUT2D eigenvalue weighted by atomic mass is 10.2. The van der Waals surface area contributed by atoms with Crippen molar-refractivity contribution in [3.8, 4) is 0 Å². The first-order chi connectivity index (χ1) is 14.4. The Morgan fingerprint density at radius 1 is 1.03 bits per heavy atom. The Morgan fingerprint density at radius 3 is 2.50 bits per heavy atom. The van der Waals surface area contributed by atoms with Gasteiger partial charge in [0.15, 0.2) is 5.78 Å². The van der Waals surface area contributed by atoms with E-state index in [-0.39, 0.29) is 42.2 Å². The quantitative estimate of drug-likeness (QED) is 0.482. The number of hydrazine groups is 1. The molecule has 1 aromatic carbocycles. The molecule has 160 valence electrons. The Kier molecular flexibility index (Phi) is 7.32. The van der Waals surface area contributed by atoms with Gasteiger partial charge in [-0.2, -0.15) is 4.31 Å². The summed E-state index contributed by atoms with van der Waals surface area (Å²) in [6.07, 6.45) is -0.0576. The molecule has 0 spiro atoms. The number of sulfonamides is 1. The van der Waals surface area contributed by atoms with E-state index in [1.165, 1.54) is 39.9 Å². The van der Waals surface area contributed by atoms with E-state index < -0.39 is 21.8 Å². The van der Waals surface area contributed by atoms with Crippen LogP contribution < -0.4 is 10.9 Å². The molecule has 0 radical (unpaired) electrons. The van der Waals surface area contributed by atoms with Crippen LogP contribution in [0.1, 0.15) is 32.9 Å². The predicted octanol–water partition coefficient (Wildman–Crippen LogP) is 1.19. The highest BCUT2D eigenvalue weighted by Gasteiger charge is 2.26. The van der Waals surface area contributed by atoms with Crippen molar-refractivity contribution < 1.29 is 27.5 Å². The van der Waals surface area contributed by atoms with Gasteiger partial charge in [-0.05, 0) is 29.6 Å². The molecule has 3 rings (SSSR count). The third-order valence-corrected chi connectivity index (χ3v) is 7.20. The van der Waals surface area contributed by atoms with Gasteiger partial charge in [-0.3, -0.25) is 25.2 Å². The van der Waals surface area contributed by atoms with Crippen molar-refractivity contribution in [1.82, 2.24) is 15.2 Å². The molecule has 1 saturated heterocycles. The predicted molar refractivity (Wildman–Crippen MR) is 110 cm³/mol. The molecule has 1 aliphatic heterocycles. The molecule has 9 nitrogen and oxygen atoms in total. The van der Waals surface area contributed by atoms with Gasteiger partial charge in [-0.1, -0.05) is 12.1 Å². The second kappa shape index (κ2) is 9.94. The summed E-state index contributed by atoms with van der Waals surface area (Å²) in [6, 6.07) is 9.02. The highest BCUT2D eigenvalue weighted by molar-refractivity contribution is 7.89. The molecule has 1 fully saturated rings. The molecular weight excluding hydrogens is 430 g/mol. The van der Waals surface area contributed by atoms with Gasteiger partial charge >= 0.3 is 0 Å². The summed E-state index contributed by atoms with van der Waals surface area (Å²) < 4.78 is 31.9. The second-order valence-electron chi connectivity index (χ2n) is 6.45. The van der Waals surface area contributed by atoms with E-state index in [1.807, 2.05) is 0 Å². The van der Waals surface area contributed by atoms with Crippen LogP contribution in [-0.2, 0) is 19.6 Å². The molecule has 0 unspecified atom stereocenters. The summed E-state index contributed by atoms with van der Waals surface area (Å²) in [5, 5.41) is 1.78. The molecule has 2 amide bonds. The Bertz CT molecular complexity index is 1010. The van der Waals surface area contributed by atoms with Crippen LogP contribution in [0.4, 0.5) is 0 Å². The number of amides is 2. The Balaban J connectivity index is 1.54. The standard InChI is InChI=1S/C19H21N3O6S2/c23-16(17-5-2-12-29-17)6-7-18(24)20-21-19(25)14-3-1-4-15(13-14)30(26,27)22-8-10-28-11-9-22/h1-5,12-13H,6-11H2,(H,20,24)(H,21,25). The molecule has 11 heteroatoms. The van der Waals surface area contributed by atoms with Gasteiger partial charge in [-0.15, -0.1) is 11.3 Å².